The van der Waals surface area contributed by atoms with Gasteiger partial charge in [0.15, 0.2) is 0 Å². The molecule has 0 fully saturated rings. The van der Waals surface area contributed by atoms with Crippen molar-refractivity contribution in [2.45, 2.75) is 25.9 Å². The van der Waals surface area contributed by atoms with Crippen molar-refractivity contribution in [1.82, 2.24) is 15.3 Å². The van der Waals surface area contributed by atoms with E-state index in [2.05, 4.69) is 54.5 Å². The number of benzene rings is 3. The Morgan fingerprint density at radius 1 is 1.00 bits per heavy atom. The highest BCUT2D eigenvalue weighted by molar-refractivity contribution is 9.10. The van der Waals surface area contributed by atoms with Gasteiger partial charge >= 0.3 is 6.09 Å². The summed E-state index contributed by atoms with van der Waals surface area (Å²) in [5.74, 6) is -0.429. The van der Waals surface area contributed by atoms with E-state index in [-0.39, 0.29) is 6.61 Å². The first-order chi connectivity index (χ1) is 17.5. The molecule has 184 valence electrons. The SMILES string of the molecule is CCOC(=O)N[C@H](Cc1ccccc1)C(=O)N/N=C\c1cn(Cc2ccc(Br)cc2)c2ccccc12. The van der Waals surface area contributed by atoms with Crippen molar-refractivity contribution in [2.24, 2.45) is 5.10 Å². The van der Waals surface area contributed by atoms with E-state index in [1.165, 1.54) is 5.56 Å². The summed E-state index contributed by atoms with van der Waals surface area (Å²) < 4.78 is 8.16. The van der Waals surface area contributed by atoms with Crippen molar-refractivity contribution < 1.29 is 14.3 Å². The Morgan fingerprint density at radius 3 is 2.47 bits per heavy atom. The van der Waals surface area contributed by atoms with E-state index in [1.807, 2.05) is 66.9 Å². The Balaban J connectivity index is 1.50. The predicted octanol–water partition coefficient (Wildman–Crippen LogP) is 5.26. The molecule has 2 N–H and O–H groups in total. The predicted molar refractivity (Wildman–Crippen MR) is 145 cm³/mol. The smallest absolute Gasteiger partial charge is 0.407 e. The first-order valence-electron chi connectivity index (χ1n) is 11.7. The molecule has 4 aromatic rings. The number of hydrogen-bond donors (Lipinski definition) is 2. The maximum absolute atomic E-state index is 12.9. The van der Waals surface area contributed by atoms with Crippen LogP contribution in [-0.2, 0) is 22.5 Å². The summed E-state index contributed by atoms with van der Waals surface area (Å²) in [6.45, 7) is 2.63. The van der Waals surface area contributed by atoms with Crippen LogP contribution in [-0.4, -0.2) is 35.4 Å². The number of halogens is 1. The summed E-state index contributed by atoms with van der Waals surface area (Å²) in [5.41, 5.74) is 6.60. The number of nitrogens with one attached hydrogen (secondary N) is 2. The average Bonchev–Trinajstić information content (AvgIpc) is 3.23. The van der Waals surface area contributed by atoms with E-state index in [0.717, 1.165) is 26.5 Å². The number of hydrogen-bond acceptors (Lipinski definition) is 4. The molecule has 7 nitrogen and oxygen atoms in total. The zero-order chi connectivity index (χ0) is 25.3. The third kappa shape index (κ3) is 6.60. The van der Waals surface area contributed by atoms with Gasteiger partial charge in [0.1, 0.15) is 6.04 Å². The van der Waals surface area contributed by atoms with Crippen LogP contribution in [0.2, 0.25) is 0 Å². The lowest BCUT2D eigenvalue weighted by Crippen LogP contribution is -2.47. The van der Waals surface area contributed by atoms with E-state index in [9.17, 15) is 9.59 Å². The minimum Gasteiger partial charge on any atom is -0.450 e. The third-order valence-corrected chi connectivity index (χ3v) is 6.16. The molecule has 0 saturated heterocycles. The molecule has 1 atom stereocenters. The van der Waals surface area contributed by atoms with Gasteiger partial charge in [-0.15, -0.1) is 0 Å². The number of ether oxygens (including phenoxy) is 1. The van der Waals surface area contributed by atoms with Gasteiger partial charge in [0.25, 0.3) is 5.91 Å². The summed E-state index contributed by atoms with van der Waals surface area (Å²) in [5, 5.41) is 7.85. The van der Waals surface area contributed by atoms with E-state index < -0.39 is 18.0 Å². The van der Waals surface area contributed by atoms with Gasteiger partial charge in [-0.2, -0.15) is 5.10 Å². The number of carbonyl (C=O) groups excluding carboxylic acids is 2. The first kappa shape index (κ1) is 25.2. The van der Waals surface area contributed by atoms with E-state index in [0.29, 0.717) is 13.0 Å². The number of carbonyl (C=O) groups is 2. The Kier molecular flexibility index (Phi) is 8.52. The number of alkyl carbamates (subject to hydrolysis) is 1. The Hall–Kier alpha value is -3.91. The second-order valence-corrected chi connectivity index (χ2v) is 9.11. The fourth-order valence-corrected chi connectivity index (χ4v) is 4.18. The number of rotatable bonds is 9. The number of amides is 2. The van der Waals surface area contributed by atoms with Crippen LogP contribution in [0.5, 0.6) is 0 Å². The normalized spacial score (nSPS) is 11.9. The molecule has 1 heterocycles. The number of aromatic nitrogens is 1. The van der Waals surface area contributed by atoms with Crippen LogP contribution in [0.25, 0.3) is 10.9 Å². The van der Waals surface area contributed by atoms with Crippen LogP contribution >= 0.6 is 15.9 Å². The molecule has 0 aliphatic heterocycles. The zero-order valence-corrected chi connectivity index (χ0v) is 21.4. The van der Waals surface area contributed by atoms with Crippen molar-refractivity contribution >= 4 is 45.0 Å². The van der Waals surface area contributed by atoms with Crippen molar-refractivity contribution in [1.29, 1.82) is 0 Å². The standard InChI is InChI=1S/C28H27BrN4O3/c1-2-36-28(35)31-25(16-20-8-4-3-5-9-20)27(34)32-30-17-22-19-33(26-11-7-6-10-24(22)26)18-21-12-14-23(29)15-13-21/h3-15,17,19,25H,2,16,18H2,1H3,(H,31,35)(H,32,34)/b30-17-/t25-/m1/s1. The lowest BCUT2D eigenvalue weighted by molar-refractivity contribution is -0.123. The van der Waals surface area contributed by atoms with Gasteiger partial charge in [0.05, 0.1) is 12.8 Å². The zero-order valence-electron chi connectivity index (χ0n) is 19.9. The summed E-state index contributed by atoms with van der Waals surface area (Å²) >= 11 is 3.48. The molecule has 1 aromatic heterocycles. The number of fused-ring (bicyclic) bond motifs is 1. The maximum Gasteiger partial charge on any atom is 0.407 e. The molecule has 4 rings (SSSR count). The molecule has 0 radical (unpaired) electrons. The summed E-state index contributed by atoms with van der Waals surface area (Å²) in [6.07, 6.45) is 3.31. The van der Waals surface area contributed by atoms with Crippen LogP contribution in [0.15, 0.2) is 94.6 Å². The summed E-state index contributed by atoms with van der Waals surface area (Å²) in [4.78, 5) is 24.9. The molecule has 0 bridgehead atoms. The van der Waals surface area contributed by atoms with Gasteiger partial charge < -0.3 is 14.6 Å². The Bertz CT molecular complexity index is 1350. The van der Waals surface area contributed by atoms with Crippen molar-refractivity contribution in [3.8, 4) is 0 Å². The third-order valence-electron chi connectivity index (χ3n) is 5.63. The highest BCUT2D eigenvalue weighted by atomic mass is 79.9. The van der Waals surface area contributed by atoms with Crippen LogP contribution in [0.4, 0.5) is 4.79 Å². The number of para-hydroxylation sites is 1. The number of nitrogens with zero attached hydrogens (tertiary/aromatic N) is 2. The molecule has 0 aliphatic rings. The minimum atomic E-state index is -0.831. The quantitative estimate of drug-likeness (QED) is 0.222. The van der Waals surface area contributed by atoms with Crippen LogP contribution < -0.4 is 10.7 Å². The fourth-order valence-electron chi connectivity index (χ4n) is 3.91. The van der Waals surface area contributed by atoms with Gasteiger partial charge in [0, 0.05) is 40.1 Å². The molecular weight excluding hydrogens is 520 g/mol. The van der Waals surface area contributed by atoms with Crippen molar-refractivity contribution in [3.05, 3.63) is 106 Å². The topological polar surface area (TPSA) is 84.7 Å². The van der Waals surface area contributed by atoms with E-state index in [4.69, 9.17) is 4.74 Å². The molecular formula is C28H27BrN4O3. The molecule has 0 aliphatic carbocycles. The molecule has 8 heteroatoms. The summed E-state index contributed by atoms with van der Waals surface area (Å²) in [7, 11) is 0. The molecule has 2 amide bonds. The molecule has 3 aromatic carbocycles. The second-order valence-electron chi connectivity index (χ2n) is 8.20. The van der Waals surface area contributed by atoms with E-state index in [1.54, 1.807) is 13.1 Å². The highest BCUT2D eigenvalue weighted by Crippen LogP contribution is 2.22. The minimum absolute atomic E-state index is 0.216. The molecule has 36 heavy (non-hydrogen) atoms. The monoisotopic (exact) mass is 546 g/mol. The van der Waals surface area contributed by atoms with Gasteiger partial charge in [0.2, 0.25) is 0 Å². The average molecular weight is 547 g/mol. The van der Waals surface area contributed by atoms with E-state index >= 15 is 0 Å². The van der Waals surface area contributed by atoms with Gasteiger partial charge in [-0.05, 0) is 36.2 Å². The fraction of sp³-hybridized carbons (Fsp3) is 0.179. The largest absolute Gasteiger partial charge is 0.450 e. The molecule has 0 spiro atoms. The lowest BCUT2D eigenvalue weighted by atomic mass is 10.1. The van der Waals surface area contributed by atoms with Crippen LogP contribution in [0, 0.1) is 0 Å². The summed E-state index contributed by atoms with van der Waals surface area (Å²) in [6, 6.07) is 24.9. The van der Waals surface area contributed by atoms with Crippen LogP contribution in [0.3, 0.4) is 0 Å². The molecule has 0 unspecified atom stereocenters. The highest BCUT2D eigenvalue weighted by Gasteiger charge is 2.21. The van der Waals surface area contributed by atoms with Crippen LogP contribution in [0.1, 0.15) is 23.6 Å². The first-order valence-corrected chi connectivity index (χ1v) is 12.4. The number of hydrazone groups is 1. The van der Waals surface area contributed by atoms with Crippen molar-refractivity contribution in [2.75, 3.05) is 6.61 Å². The molecule has 0 saturated carbocycles. The van der Waals surface area contributed by atoms with Gasteiger partial charge in [-0.25, -0.2) is 10.2 Å². The lowest BCUT2D eigenvalue weighted by Gasteiger charge is -2.16. The second kappa shape index (κ2) is 12.2. The van der Waals surface area contributed by atoms with Gasteiger partial charge in [-0.3, -0.25) is 4.79 Å². The Morgan fingerprint density at radius 2 is 1.72 bits per heavy atom. The van der Waals surface area contributed by atoms with Gasteiger partial charge in [-0.1, -0.05) is 76.6 Å². The van der Waals surface area contributed by atoms with Crippen molar-refractivity contribution in [3.63, 3.8) is 0 Å². The Labute approximate surface area is 218 Å². The maximum atomic E-state index is 12.9.